The third kappa shape index (κ3) is 3.56. The fraction of sp³-hybridized carbons (Fsp3) is 0.400. The molecule has 2 aromatic rings. The number of halogens is 3. The highest BCUT2D eigenvalue weighted by molar-refractivity contribution is 7.93. The van der Waals surface area contributed by atoms with Gasteiger partial charge in [-0.05, 0) is 24.5 Å². The van der Waals surface area contributed by atoms with Crippen LogP contribution in [0.1, 0.15) is 37.4 Å². The van der Waals surface area contributed by atoms with Crippen molar-refractivity contribution in [3.05, 3.63) is 40.9 Å². The molecular formula is C15H17F3N2O2S2. The number of thiazole rings is 1. The summed E-state index contributed by atoms with van der Waals surface area (Å²) in [7, 11) is -3.15. The van der Waals surface area contributed by atoms with E-state index in [9.17, 15) is 21.6 Å². The van der Waals surface area contributed by atoms with E-state index in [1.54, 1.807) is 5.38 Å². The molecule has 0 aliphatic heterocycles. The number of aromatic nitrogens is 1. The van der Waals surface area contributed by atoms with Crippen LogP contribution in [0, 0.1) is 0 Å². The van der Waals surface area contributed by atoms with Gasteiger partial charge in [-0.15, -0.1) is 11.3 Å². The summed E-state index contributed by atoms with van der Waals surface area (Å²) in [5.41, 5.74) is -0.459. The van der Waals surface area contributed by atoms with Gasteiger partial charge in [0.2, 0.25) is 0 Å². The molecule has 2 rings (SSSR count). The van der Waals surface area contributed by atoms with Crippen molar-refractivity contribution >= 4 is 26.5 Å². The lowest BCUT2D eigenvalue weighted by molar-refractivity contribution is -0.139. The first-order valence-electron chi connectivity index (χ1n) is 7.19. The van der Waals surface area contributed by atoms with Crippen molar-refractivity contribution in [3.8, 4) is 0 Å². The summed E-state index contributed by atoms with van der Waals surface area (Å²) in [4.78, 5) is 3.47. The number of hydrogen-bond acceptors (Lipinski definition) is 4. The predicted octanol–water partition coefficient (Wildman–Crippen LogP) is 4.50. The minimum absolute atomic E-state index is 0.141. The molecule has 0 N–H and O–H groups in total. The van der Waals surface area contributed by atoms with Crippen LogP contribution < -0.4 is 4.31 Å². The van der Waals surface area contributed by atoms with Gasteiger partial charge in [0.25, 0.3) is 10.0 Å². The molecule has 0 aliphatic rings. The van der Waals surface area contributed by atoms with Gasteiger partial charge in [-0.2, -0.15) is 13.2 Å². The Balaban J connectivity index is 2.46. The number of sulfonamides is 1. The molecule has 132 valence electrons. The van der Waals surface area contributed by atoms with Crippen molar-refractivity contribution in [2.24, 2.45) is 0 Å². The fourth-order valence-corrected chi connectivity index (χ4v) is 4.53. The highest BCUT2D eigenvalue weighted by Gasteiger charge is 2.38. The molecule has 1 unspecified atom stereocenters. The summed E-state index contributed by atoms with van der Waals surface area (Å²) in [5, 5.41) is 1.87. The van der Waals surface area contributed by atoms with Crippen molar-refractivity contribution in [1.82, 2.24) is 4.98 Å². The Morgan fingerprint density at radius 3 is 2.50 bits per heavy atom. The number of anilines is 1. The summed E-state index contributed by atoms with van der Waals surface area (Å²) in [6.45, 7) is 3.93. The number of alkyl halides is 3. The van der Waals surface area contributed by atoms with E-state index in [1.807, 2.05) is 13.8 Å². The summed E-state index contributed by atoms with van der Waals surface area (Å²) < 4.78 is 65.4. The van der Waals surface area contributed by atoms with Crippen LogP contribution in [0.15, 0.2) is 34.5 Å². The Morgan fingerprint density at radius 2 is 1.92 bits per heavy atom. The maximum atomic E-state index is 13.1. The van der Waals surface area contributed by atoms with Crippen molar-refractivity contribution in [1.29, 1.82) is 0 Å². The summed E-state index contributed by atoms with van der Waals surface area (Å²) in [6, 6.07) is 4.14. The van der Waals surface area contributed by atoms with Gasteiger partial charge in [0, 0.05) is 12.4 Å². The highest BCUT2D eigenvalue weighted by Crippen LogP contribution is 2.36. The van der Waals surface area contributed by atoms with Crippen LogP contribution >= 0.6 is 11.3 Å². The molecule has 0 fully saturated rings. The van der Waals surface area contributed by atoms with E-state index in [-0.39, 0.29) is 11.0 Å². The average molecular weight is 378 g/mol. The highest BCUT2D eigenvalue weighted by atomic mass is 32.2. The van der Waals surface area contributed by atoms with Crippen LogP contribution in [0.5, 0.6) is 0 Å². The molecule has 0 saturated carbocycles. The summed E-state index contributed by atoms with van der Waals surface area (Å²) >= 11 is 1.09. The molecule has 1 heterocycles. The largest absolute Gasteiger partial charge is 0.417 e. The van der Waals surface area contributed by atoms with E-state index < -0.39 is 26.7 Å². The SMILES string of the molecule is CCC(C)c1csc(N(C)S(=O)(=O)c2ccccc2C(F)(F)F)n1. The van der Waals surface area contributed by atoms with E-state index in [0.717, 1.165) is 46.0 Å². The van der Waals surface area contributed by atoms with Crippen molar-refractivity contribution in [3.63, 3.8) is 0 Å². The fourth-order valence-electron chi connectivity index (χ4n) is 2.03. The van der Waals surface area contributed by atoms with Crippen molar-refractivity contribution in [2.75, 3.05) is 11.4 Å². The first-order valence-corrected chi connectivity index (χ1v) is 9.51. The number of rotatable bonds is 5. The van der Waals surface area contributed by atoms with Crippen LogP contribution in [0.4, 0.5) is 18.3 Å². The molecule has 0 aliphatic carbocycles. The van der Waals surface area contributed by atoms with Crippen molar-refractivity contribution in [2.45, 2.75) is 37.3 Å². The van der Waals surface area contributed by atoms with Crippen molar-refractivity contribution < 1.29 is 21.6 Å². The van der Waals surface area contributed by atoms with Crippen LogP contribution in [0.2, 0.25) is 0 Å². The van der Waals surface area contributed by atoms with Gasteiger partial charge in [0.1, 0.15) is 0 Å². The zero-order valence-electron chi connectivity index (χ0n) is 13.3. The molecule has 24 heavy (non-hydrogen) atoms. The van der Waals surface area contributed by atoms with Gasteiger partial charge in [0.05, 0.1) is 16.2 Å². The average Bonchev–Trinajstić information content (AvgIpc) is 3.02. The summed E-state index contributed by atoms with van der Waals surface area (Å²) in [6.07, 6.45) is -3.92. The first kappa shape index (κ1) is 18.7. The number of benzene rings is 1. The van der Waals surface area contributed by atoms with Gasteiger partial charge in [-0.25, -0.2) is 17.7 Å². The van der Waals surface area contributed by atoms with Crippen LogP contribution in [0.3, 0.4) is 0 Å². The standard InChI is InChI=1S/C15H17F3N2O2S2/c1-4-10(2)12-9-23-14(19-12)20(3)24(21,22)13-8-6-5-7-11(13)15(16,17)18/h5-10H,4H2,1-3H3. The molecule has 0 radical (unpaired) electrons. The molecular weight excluding hydrogens is 361 g/mol. The molecule has 1 aromatic heterocycles. The van der Waals surface area contributed by atoms with E-state index in [4.69, 9.17) is 0 Å². The topological polar surface area (TPSA) is 50.3 Å². The molecule has 0 amide bonds. The number of nitrogens with zero attached hydrogens (tertiary/aromatic N) is 2. The van der Waals surface area contributed by atoms with Gasteiger partial charge < -0.3 is 0 Å². The molecule has 4 nitrogen and oxygen atoms in total. The van der Waals surface area contributed by atoms with Crippen LogP contribution in [0.25, 0.3) is 0 Å². The zero-order valence-corrected chi connectivity index (χ0v) is 15.0. The molecule has 9 heteroatoms. The molecule has 0 saturated heterocycles. The smallest absolute Gasteiger partial charge is 0.244 e. The van der Waals surface area contributed by atoms with E-state index >= 15 is 0 Å². The second kappa shape index (κ2) is 6.72. The molecule has 1 atom stereocenters. The van der Waals surface area contributed by atoms with Gasteiger partial charge in [0.15, 0.2) is 5.13 Å². The molecule has 0 spiro atoms. The Bertz CT molecular complexity index is 816. The van der Waals surface area contributed by atoms with Gasteiger partial charge in [-0.1, -0.05) is 26.0 Å². The summed E-state index contributed by atoms with van der Waals surface area (Å²) in [5.74, 6) is 0.147. The first-order chi connectivity index (χ1) is 11.1. The second-order valence-corrected chi connectivity index (χ2v) is 8.10. The Morgan fingerprint density at radius 1 is 1.29 bits per heavy atom. The predicted molar refractivity (Wildman–Crippen MR) is 87.9 cm³/mol. The molecule has 1 aromatic carbocycles. The maximum absolute atomic E-state index is 13.1. The third-order valence-corrected chi connectivity index (χ3v) is 6.58. The Labute approximate surface area is 143 Å². The monoisotopic (exact) mass is 378 g/mol. The third-order valence-electron chi connectivity index (χ3n) is 3.73. The lowest BCUT2D eigenvalue weighted by atomic mass is 10.1. The van der Waals surface area contributed by atoms with Crippen LogP contribution in [-0.4, -0.2) is 20.4 Å². The second-order valence-electron chi connectivity index (χ2n) is 5.33. The minimum Gasteiger partial charge on any atom is -0.244 e. The Hall–Kier alpha value is -1.61. The lowest BCUT2D eigenvalue weighted by Gasteiger charge is -2.19. The Kier molecular flexibility index (Phi) is 5.24. The maximum Gasteiger partial charge on any atom is 0.417 e. The van der Waals surface area contributed by atoms with Crippen LogP contribution in [-0.2, 0) is 16.2 Å². The molecule has 0 bridgehead atoms. The van der Waals surface area contributed by atoms with Gasteiger partial charge in [-0.3, -0.25) is 0 Å². The van der Waals surface area contributed by atoms with Gasteiger partial charge >= 0.3 is 6.18 Å². The van der Waals surface area contributed by atoms with E-state index in [2.05, 4.69) is 4.98 Å². The normalized spacial score (nSPS) is 13.8. The zero-order chi connectivity index (χ0) is 18.1. The van der Waals surface area contributed by atoms with E-state index in [0.29, 0.717) is 0 Å². The minimum atomic E-state index is -4.75. The lowest BCUT2D eigenvalue weighted by Crippen LogP contribution is -2.28. The number of hydrogen-bond donors (Lipinski definition) is 0. The van der Waals surface area contributed by atoms with E-state index in [1.165, 1.54) is 13.1 Å². The quantitative estimate of drug-likeness (QED) is 0.770.